The predicted molar refractivity (Wildman–Crippen MR) is 91.8 cm³/mol. The molecule has 0 bridgehead atoms. The van der Waals surface area contributed by atoms with Gasteiger partial charge >= 0.3 is 0 Å². The van der Waals surface area contributed by atoms with Gasteiger partial charge in [0.2, 0.25) is 0 Å². The molecule has 2 unspecified atom stereocenters. The van der Waals surface area contributed by atoms with Crippen molar-refractivity contribution in [3.05, 3.63) is 6.42 Å². The average Bonchev–Trinajstić information content (AvgIpc) is 2.38. The molecule has 0 aromatic carbocycles. The van der Waals surface area contributed by atoms with Crippen molar-refractivity contribution in [3.63, 3.8) is 0 Å². The molecule has 0 saturated carbocycles. The van der Waals surface area contributed by atoms with Crippen molar-refractivity contribution in [2.24, 2.45) is 5.92 Å². The van der Waals surface area contributed by atoms with Crippen molar-refractivity contribution in [2.75, 3.05) is 5.33 Å². The smallest absolute Gasteiger partial charge is 0.0184 e. The van der Waals surface area contributed by atoms with Gasteiger partial charge in [-0.1, -0.05) is 97.1 Å². The molecule has 0 aliphatic heterocycles. The van der Waals surface area contributed by atoms with Crippen LogP contribution >= 0.6 is 31.9 Å². The quantitative estimate of drug-likeness (QED) is 0.240. The van der Waals surface area contributed by atoms with E-state index in [1.807, 2.05) is 0 Å². The average molecular weight is 383 g/mol. The number of unbranched alkanes of at least 4 members (excludes halogenated alkanes) is 7. The second-order valence-electron chi connectivity index (χ2n) is 5.30. The summed E-state index contributed by atoms with van der Waals surface area (Å²) in [5, 5.41) is 1.14. The minimum atomic E-state index is 0.667. The third kappa shape index (κ3) is 10.8. The summed E-state index contributed by atoms with van der Waals surface area (Å²) < 4.78 is 0. The Labute approximate surface area is 132 Å². The fourth-order valence-corrected chi connectivity index (χ4v) is 4.19. The van der Waals surface area contributed by atoms with Crippen LogP contribution in [0.1, 0.15) is 78.1 Å². The summed E-state index contributed by atoms with van der Waals surface area (Å²) >= 11 is 7.56. The molecule has 109 valence electrons. The Morgan fingerprint density at radius 2 is 1.61 bits per heavy atom. The summed E-state index contributed by atoms with van der Waals surface area (Å²) in [5.41, 5.74) is 0. The van der Waals surface area contributed by atoms with Gasteiger partial charge in [0.15, 0.2) is 0 Å². The molecule has 0 saturated heterocycles. The normalized spacial score (nSPS) is 14.7. The van der Waals surface area contributed by atoms with Crippen molar-refractivity contribution >= 4 is 31.9 Å². The Hall–Kier alpha value is 0.960. The minimum absolute atomic E-state index is 0.667. The molecular formula is C16H31Br2. The molecule has 0 rings (SSSR count). The highest BCUT2D eigenvalue weighted by Gasteiger charge is 2.16. The molecule has 0 amide bonds. The van der Waals surface area contributed by atoms with Gasteiger partial charge in [0, 0.05) is 10.2 Å². The second kappa shape index (κ2) is 14.4. The van der Waals surface area contributed by atoms with Gasteiger partial charge in [-0.2, -0.15) is 0 Å². The zero-order valence-corrected chi connectivity index (χ0v) is 15.4. The van der Waals surface area contributed by atoms with E-state index in [1.165, 1.54) is 64.2 Å². The molecule has 0 aliphatic carbocycles. The molecule has 0 spiro atoms. The summed E-state index contributed by atoms with van der Waals surface area (Å²) in [6.45, 7) is 4.55. The van der Waals surface area contributed by atoms with Crippen LogP contribution in [-0.4, -0.2) is 10.2 Å². The maximum Gasteiger partial charge on any atom is 0.0184 e. The highest BCUT2D eigenvalue weighted by Crippen LogP contribution is 2.26. The lowest BCUT2D eigenvalue weighted by molar-refractivity contribution is 0.479. The first-order valence-corrected chi connectivity index (χ1v) is 9.81. The minimum Gasteiger partial charge on any atom is -0.0925 e. The van der Waals surface area contributed by atoms with Crippen LogP contribution in [0, 0.1) is 12.3 Å². The van der Waals surface area contributed by atoms with Gasteiger partial charge in [-0.3, -0.25) is 0 Å². The fourth-order valence-electron chi connectivity index (χ4n) is 2.20. The van der Waals surface area contributed by atoms with Crippen LogP contribution in [0.3, 0.4) is 0 Å². The zero-order chi connectivity index (χ0) is 13.6. The molecule has 0 heterocycles. The van der Waals surface area contributed by atoms with Gasteiger partial charge in [0.05, 0.1) is 0 Å². The van der Waals surface area contributed by atoms with Gasteiger partial charge in [0.1, 0.15) is 0 Å². The lowest BCUT2D eigenvalue weighted by Crippen LogP contribution is -2.16. The van der Waals surface area contributed by atoms with Crippen LogP contribution in [0.15, 0.2) is 0 Å². The number of hydrogen-bond acceptors (Lipinski definition) is 0. The predicted octanol–water partition coefficient (Wildman–Crippen LogP) is 6.91. The summed E-state index contributed by atoms with van der Waals surface area (Å²) in [6.07, 6.45) is 16.0. The van der Waals surface area contributed by atoms with E-state index in [4.69, 9.17) is 0 Å². The SMILES string of the molecule is CCCCC[CH]CC(Br)C(CBr)CCCCCC. The van der Waals surface area contributed by atoms with E-state index >= 15 is 0 Å². The lowest BCUT2D eigenvalue weighted by Gasteiger charge is -2.20. The van der Waals surface area contributed by atoms with Crippen LogP contribution < -0.4 is 0 Å². The van der Waals surface area contributed by atoms with E-state index in [0.717, 1.165) is 11.2 Å². The molecular weight excluding hydrogens is 352 g/mol. The van der Waals surface area contributed by atoms with Gasteiger partial charge in [0.25, 0.3) is 0 Å². The van der Waals surface area contributed by atoms with Crippen molar-refractivity contribution in [3.8, 4) is 0 Å². The van der Waals surface area contributed by atoms with Gasteiger partial charge in [-0.25, -0.2) is 0 Å². The van der Waals surface area contributed by atoms with E-state index in [2.05, 4.69) is 52.1 Å². The van der Waals surface area contributed by atoms with Gasteiger partial charge in [-0.05, 0) is 25.2 Å². The summed E-state index contributed by atoms with van der Waals surface area (Å²) in [6, 6.07) is 0. The molecule has 0 nitrogen and oxygen atoms in total. The maximum atomic E-state index is 3.88. The first-order valence-electron chi connectivity index (χ1n) is 7.77. The van der Waals surface area contributed by atoms with Crippen molar-refractivity contribution < 1.29 is 0 Å². The van der Waals surface area contributed by atoms with Gasteiger partial charge < -0.3 is 0 Å². The Morgan fingerprint density at radius 1 is 0.944 bits per heavy atom. The van der Waals surface area contributed by atoms with E-state index < -0.39 is 0 Å². The molecule has 0 fully saturated rings. The Kier molecular flexibility index (Phi) is 15.1. The zero-order valence-electron chi connectivity index (χ0n) is 12.3. The highest BCUT2D eigenvalue weighted by molar-refractivity contribution is 9.10. The monoisotopic (exact) mass is 381 g/mol. The molecule has 0 aromatic heterocycles. The largest absolute Gasteiger partial charge is 0.0925 e. The van der Waals surface area contributed by atoms with Crippen LogP contribution in [0.4, 0.5) is 0 Å². The molecule has 2 atom stereocenters. The van der Waals surface area contributed by atoms with E-state index in [1.54, 1.807) is 0 Å². The van der Waals surface area contributed by atoms with Crippen molar-refractivity contribution in [1.82, 2.24) is 0 Å². The summed E-state index contributed by atoms with van der Waals surface area (Å²) in [7, 11) is 0. The van der Waals surface area contributed by atoms with Crippen LogP contribution in [0.5, 0.6) is 0 Å². The first kappa shape index (κ1) is 19.0. The van der Waals surface area contributed by atoms with Crippen molar-refractivity contribution in [1.29, 1.82) is 0 Å². The lowest BCUT2D eigenvalue weighted by atomic mass is 9.96. The molecule has 1 radical (unpaired) electrons. The summed E-state index contributed by atoms with van der Waals surface area (Å²) in [4.78, 5) is 0.667. The van der Waals surface area contributed by atoms with Crippen LogP contribution in [0.25, 0.3) is 0 Å². The first-order chi connectivity index (χ1) is 8.76. The van der Waals surface area contributed by atoms with E-state index in [0.29, 0.717) is 4.83 Å². The van der Waals surface area contributed by atoms with Gasteiger partial charge in [-0.15, -0.1) is 0 Å². The number of alkyl halides is 2. The Bertz CT molecular complexity index is 159. The molecule has 0 N–H and O–H groups in total. The number of hydrogen-bond donors (Lipinski definition) is 0. The van der Waals surface area contributed by atoms with Crippen molar-refractivity contribution in [2.45, 2.75) is 82.9 Å². The fraction of sp³-hybridized carbons (Fsp3) is 0.938. The van der Waals surface area contributed by atoms with Crippen LogP contribution in [0.2, 0.25) is 0 Å². The third-order valence-corrected chi connectivity index (χ3v) is 5.49. The summed E-state index contributed by atoms with van der Waals surface area (Å²) in [5.74, 6) is 0.796. The van der Waals surface area contributed by atoms with E-state index in [9.17, 15) is 0 Å². The Balaban J connectivity index is 3.58. The third-order valence-electron chi connectivity index (χ3n) is 3.54. The molecule has 0 aromatic rings. The molecule has 0 aliphatic rings. The van der Waals surface area contributed by atoms with E-state index in [-0.39, 0.29) is 0 Å². The molecule has 2 heteroatoms. The topological polar surface area (TPSA) is 0 Å². The number of rotatable bonds is 13. The van der Waals surface area contributed by atoms with Crippen LogP contribution in [-0.2, 0) is 0 Å². The Morgan fingerprint density at radius 3 is 2.22 bits per heavy atom. The number of halogens is 2. The maximum absolute atomic E-state index is 3.88. The standard InChI is InChI=1S/C16H31Br2/c1-3-5-7-9-11-13-16(18)15(14-17)12-10-8-6-4-2/h11,15-16H,3-10,12-14H2,1-2H3. The second-order valence-corrected chi connectivity index (χ2v) is 7.12. The molecule has 18 heavy (non-hydrogen) atoms. The highest BCUT2D eigenvalue weighted by atomic mass is 79.9.